The molecule has 0 aromatic heterocycles. The minimum Gasteiger partial charge on any atom is -0.479 e. The molecule has 0 aliphatic carbocycles. The molecule has 0 aromatic rings. The molecule has 1 aliphatic heterocycles. The van der Waals surface area contributed by atoms with Crippen LogP contribution in [0.5, 0.6) is 0 Å². The molecule has 5 heteroatoms. The molecule has 0 radical (unpaired) electrons. The molecule has 1 heterocycles. The maximum absolute atomic E-state index is 12.5. The van der Waals surface area contributed by atoms with E-state index in [0.717, 1.165) is 0 Å². The van der Waals surface area contributed by atoms with Gasteiger partial charge in [0.15, 0.2) is 5.60 Å². The van der Waals surface area contributed by atoms with Gasteiger partial charge in [-0.05, 0) is 13.3 Å². The number of hydrogen-bond acceptors (Lipinski definition) is 2. The summed E-state index contributed by atoms with van der Waals surface area (Å²) in [4.78, 5) is 10.5. The van der Waals surface area contributed by atoms with Gasteiger partial charge in [-0.1, -0.05) is 0 Å². The maximum atomic E-state index is 12.5. The molecular formula is C7H10F2O3. The second-order valence-electron chi connectivity index (χ2n) is 3.18. The Morgan fingerprint density at radius 1 is 1.50 bits per heavy atom. The second kappa shape index (κ2) is 2.65. The predicted molar refractivity (Wildman–Crippen MR) is 36.2 cm³/mol. The summed E-state index contributed by atoms with van der Waals surface area (Å²) in [7, 11) is 0. The van der Waals surface area contributed by atoms with Gasteiger partial charge in [0.25, 0.3) is 5.92 Å². The van der Waals surface area contributed by atoms with Crippen molar-refractivity contribution in [2.24, 2.45) is 0 Å². The molecule has 1 atom stereocenters. The summed E-state index contributed by atoms with van der Waals surface area (Å²) in [5.41, 5.74) is -1.43. The quantitative estimate of drug-likeness (QED) is 0.661. The Hall–Kier alpha value is -0.710. The van der Waals surface area contributed by atoms with Crippen LogP contribution in [0, 0.1) is 0 Å². The third-order valence-electron chi connectivity index (χ3n) is 2.02. The van der Waals surface area contributed by atoms with E-state index in [4.69, 9.17) is 5.11 Å². The Balaban J connectivity index is 2.62. The van der Waals surface area contributed by atoms with Crippen LogP contribution in [0.3, 0.4) is 0 Å². The van der Waals surface area contributed by atoms with Crippen molar-refractivity contribution < 1.29 is 23.4 Å². The van der Waals surface area contributed by atoms with Gasteiger partial charge in [-0.25, -0.2) is 13.6 Å². The van der Waals surface area contributed by atoms with E-state index in [2.05, 4.69) is 4.74 Å². The SMILES string of the molecule is C[C@]1(C(=O)O)CCC(F)(F)CO1. The van der Waals surface area contributed by atoms with E-state index in [1.807, 2.05) is 0 Å². The van der Waals surface area contributed by atoms with Crippen LogP contribution in [-0.4, -0.2) is 29.2 Å². The summed E-state index contributed by atoms with van der Waals surface area (Å²) in [6.07, 6.45) is -0.564. The van der Waals surface area contributed by atoms with Crippen LogP contribution in [0.15, 0.2) is 0 Å². The molecule has 0 bridgehead atoms. The Morgan fingerprint density at radius 2 is 2.08 bits per heavy atom. The smallest absolute Gasteiger partial charge is 0.335 e. The number of rotatable bonds is 1. The van der Waals surface area contributed by atoms with Gasteiger partial charge >= 0.3 is 5.97 Å². The van der Waals surface area contributed by atoms with Gasteiger partial charge < -0.3 is 9.84 Å². The zero-order chi connectivity index (χ0) is 9.41. The Labute approximate surface area is 68.3 Å². The topological polar surface area (TPSA) is 46.5 Å². The van der Waals surface area contributed by atoms with Gasteiger partial charge in [0.1, 0.15) is 6.61 Å². The van der Waals surface area contributed by atoms with E-state index in [1.165, 1.54) is 6.92 Å². The lowest BCUT2D eigenvalue weighted by molar-refractivity contribution is -0.201. The van der Waals surface area contributed by atoms with Gasteiger partial charge in [0.2, 0.25) is 0 Å². The highest BCUT2D eigenvalue weighted by Crippen LogP contribution is 2.33. The van der Waals surface area contributed by atoms with Crippen molar-refractivity contribution in [1.82, 2.24) is 0 Å². The molecule has 0 saturated carbocycles. The first kappa shape index (κ1) is 9.38. The number of hydrogen-bond donors (Lipinski definition) is 1. The molecule has 1 saturated heterocycles. The molecule has 1 N–H and O–H groups in total. The summed E-state index contributed by atoms with van der Waals surface area (Å²) in [5, 5.41) is 8.60. The number of aliphatic carboxylic acids is 1. The number of alkyl halides is 2. The molecule has 0 aromatic carbocycles. The van der Waals surface area contributed by atoms with Crippen LogP contribution < -0.4 is 0 Å². The molecular weight excluding hydrogens is 170 g/mol. The maximum Gasteiger partial charge on any atom is 0.335 e. The van der Waals surface area contributed by atoms with Crippen molar-refractivity contribution in [1.29, 1.82) is 0 Å². The molecule has 70 valence electrons. The number of carboxylic acids is 1. The Bertz CT molecular complexity index is 193. The molecule has 0 unspecified atom stereocenters. The zero-order valence-electron chi connectivity index (χ0n) is 6.64. The van der Waals surface area contributed by atoms with E-state index >= 15 is 0 Å². The standard InChI is InChI=1S/C7H10F2O3/c1-6(5(10)11)2-3-7(8,9)4-12-6/h2-4H2,1H3,(H,10,11)/t6-/m1/s1. The molecule has 0 spiro atoms. The summed E-state index contributed by atoms with van der Waals surface area (Å²) < 4.78 is 29.6. The number of carboxylic acid groups (broad SMARTS) is 1. The minimum atomic E-state index is -2.87. The fourth-order valence-corrected chi connectivity index (χ4v) is 0.999. The number of carbonyl (C=O) groups is 1. The third-order valence-corrected chi connectivity index (χ3v) is 2.02. The largest absolute Gasteiger partial charge is 0.479 e. The van der Waals surface area contributed by atoms with Crippen LogP contribution in [0.2, 0.25) is 0 Å². The van der Waals surface area contributed by atoms with Crippen LogP contribution in [0.25, 0.3) is 0 Å². The summed E-state index contributed by atoms with van der Waals surface area (Å²) in [6, 6.07) is 0. The predicted octanol–water partition coefficient (Wildman–Crippen LogP) is 1.28. The molecule has 1 fully saturated rings. The van der Waals surface area contributed by atoms with Crippen LogP contribution in [0.1, 0.15) is 19.8 Å². The van der Waals surface area contributed by atoms with Gasteiger partial charge in [-0.15, -0.1) is 0 Å². The first-order chi connectivity index (χ1) is 5.36. The second-order valence-corrected chi connectivity index (χ2v) is 3.18. The van der Waals surface area contributed by atoms with E-state index < -0.39 is 30.5 Å². The molecule has 0 amide bonds. The highest BCUT2D eigenvalue weighted by Gasteiger charge is 2.46. The first-order valence-electron chi connectivity index (χ1n) is 3.61. The van der Waals surface area contributed by atoms with Crippen molar-refractivity contribution in [2.75, 3.05) is 6.61 Å². The van der Waals surface area contributed by atoms with E-state index in [9.17, 15) is 13.6 Å². The van der Waals surface area contributed by atoms with Crippen molar-refractivity contribution in [3.63, 3.8) is 0 Å². The van der Waals surface area contributed by atoms with E-state index in [1.54, 1.807) is 0 Å². The third kappa shape index (κ3) is 1.72. The lowest BCUT2D eigenvalue weighted by Crippen LogP contribution is -2.47. The lowest BCUT2D eigenvalue weighted by atomic mass is 9.94. The fraction of sp³-hybridized carbons (Fsp3) is 0.857. The lowest BCUT2D eigenvalue weighted by Gasteiger charge is -2.33. The number of halogens is 2. The average Bonchev–Trinajstić information content (AvgIpc) is 1.96. The van der Waals surface area contributed by atoms with E-state index in [-0.39, 0.29) is 6.42 Å². The molecule has 3 nitrogen and oxygen atoms in total. The zero-order valence-corrected chi connectivity index (χ0v) is 6.64. The monoisotopic (exact) mass is 180 g/mol. The minimum absolute atomic E-state index is 0.144. The van der Waals surface area contributed by atoms with E-state index in [0.29, 0.717) is 0 Å². The average molecular weight is 180 g/mol. The highest BCUT2D eigenvalue weighted by molar-refractivity contribution is 5.77. The van der Waals surface area contributed by atoms with Crippen LogP contribution >= 0.6 is 0 Å². The van der Waals surface area contributed by atoms with Gasteiger partial charge in [0.05, 0.1) is 0 Å². The summed E-state index contributed by atoms with van der Waals surface area (Å²) >= 11 is 0. The molecule has 1 rings (SSSR count). The van der Waals surface area contributed by atoms with Crippen molar-refractivity contribution in [3.8, 4) is 0 Å². The molecule has 12 heavy (non-hydrogen) atoms. The van der Waals surface area contributed by atoms with Gasteiger partial charge in [0, 0.05) is 6.42 Å². The van der Waals surface area contributed by atoms with Gasteiger partial charge in [-0.3, -0.25) is 0 Å². The highest BCUT2D eigenvalue weighted by atomic mass is 19.3. The summed E-state index contributed by atoms with van der Waals surface area (Å²) in [5.74, 6) is -4.05. The molecule has 1 aliphatic rings. The van der Waals surface area contributed by atoms with Crippen LogP contribution in [-0.2, 0) is 9.53 Å². The number of ether oxygens (including phenoxy) is 1. The Morgan fingerprint density at radius 3 is 2.42 bits per heavy atom. The fourth-order valence-electron chi connectivity index (χ4n) is 0.999. The normalized spacial score (nSPS) is 34.6. The first-order valence-corrected chi connectivity index (χ1v) is 3.61. The van der Waals surface area contributed by atoms with Crippen molar-refractivity contribution in [2.45, 2.75) is 31.3 Å². The van der Waals surface area contributed by atoms with Crippen LogP contribution in [0.4, 0.5) is 8.78 Å². The summed E-state index contributed by atoms with van der Waals surface area (Å²) in [6.45, 7) is 0.514. The van der Waals surface area contributed by atoms with Crippen molar-refractivity contribution >= 4 is 5.97 Å². The Kier molecular flexibility index (Phi) is 2.07. The van der Waals surface area contributed by atoms with Crippen molar-refractivity contribution in [3.05, 3.63) is 0 Å². The van der Waals surface area contributed by atoms with Gasteiger partial charge in [-0.2, -0.15) is 0 Å².